The summed E-state index contributed by atoms with van der Waals surface area (Å²) >= 11 is 0. The first kappa shape index (κ1) is 14.6. The number of H-pyrrole nitrogens is 1. The number of aromatic amines is 1. The number of pyridine rings is 1. The zero-order chi connectivity index (χ0) is 15.2. The highest BCUT2D eigenvalue weighted by molar-refractivity contribution is 5.96. The Bertz CT molecular complexity index is 650. The smallest absolute Gasteiger partial charge is 0.343 e. The molecule has 0 bridgehead atoms. The maximum absolute atomic E-state index is 11.9. The van der Waals surface area contributed by atoms with Crippen molar-refractivity contribution >= 4 is 18.1 Å². The second-order valence-electron chi connectivity index (χ2n) is 3.93. The van der Waals surface area contributed by atoms with Crippen LogP contribution >= 0.6 is 0 Å². The number of aromatic nitrogens is 3. The van der Waals surface area contributed by atoms with Gasteiger partial charge in [0.15, 0.2) is 0 Å². The van der Waals surface area contributed by atoms with Gasteiger partial charge in [0, 0.05) is 18.5 Å². The van der Waals surface area contributed by atoms with E-state index in [0.29, 0.717) is 23.1 Å². The van der Waals surface area contributed by atoms with Gasteiger partial charge in [-0.15, -0.1) is 0 Å². The molecule has 2 rings (SSSR count). The molecule has 1 N–H and O–H groups in total. The van der Waals surface area contributed by atoms with Crippen LogP contribution in [-0.4, -0.2) is 42.3 Å². The number of nitrogens with one attached hydrogen (secondary N) is 1. The number of methoxy groups -OCH3 is 3. The van der Waals surface area contributed by atoms with Crippen LogP contribution < -0.4 is 9.47 Å². The predicted octanol–water partition coefficient (Wildman–Crippen LogP) is 1.78. The lowest BCUT2D eigenvalue weighted by Crippen LogP contribution is -2.09. The van der Waals surface area contributed by atoms with Gasteiger partial charge in [-0.05, 0) is 12.2 Å². The number of hydrogen-bond acceptors (Lipinski definition) is 6. The van der Waals surface area contributed by atoms with E-state index in [1.54, 1.807) is 24.5 Å². The number of rotatable bonds is 5. The molecule has 2 aromatic heterocycles. The zero-order valence-corrected chi connectivity index (χ0v) is 11.9. The summed E-state index contributed by atoms with van der Waals surface area (Å²) in [5.41, 5.74) is 0.595. The first-order valence-corrected chi connectivity index (χ1v) is 6.08. The molecule has 0 amide bonds. The van der Waals surface area contributed by atoms with E-state index in [1.165, 1.54) is 27.4 Å². The van der Waals surface area contributed by atoms with E-state index >= 15 is 0 Å². The van der Waals surface area contributed by atoms with Crippen LogP contribution in [0.2, 0.25) is 0 Å². The lowest BCUT2D eigenvalue weighted by atomic mass is 10.1. The van der Waals surface area contributed by atoms with E-state index in [0.717, 1.165) is 0 Å². The SMILES string of the molecule is COC(=O)c1c(OC)cc(OC)nc1C=Cc1ncc[nH]1. The standard InChI is InChI=1S/C14H15N3O4/c1-19-10-8-12(20-2)17-9(13(10)14(18)21-3)4-5-11-15-6-7-16-11/h4-8H,1-3H3,(H,15,16). The maximum atomic E-state index is 11.9. The summed E-state index contributed by atoms with van der Waals surface area (Å²) in [6.45, 7) is 0. The molecule has 0 saturated heterocycles. The predicted molar refractivity (Wildman–Crippen MR) is 76.2 cm³/mol. The van der Waals surface area contributed by atoms with E-state index < -0.39 is 5.97 Å². The second-order valence-corrected chi connectivity index (χ2v) is 3.93. The summed E-state index contributed by atoms with van der Waals surface area (Å²) in [5, 5.41) is 0. The van der Waals surface area contributed by atoms with Gasteiger partial charge in [-0.25, -0.2) is 14.8 Å². The first-order valence-electron chi connectivity index (χ1n) is 6.08. The summed E-state index contributed by atoms with van der Waals surface area (Å²) in [4.78, 5) is 23.2. The molecule has 0 unspecified atom stereocenters. The summed E-state index contributed by atoms with van der Waals surface area (Å²) in [6.07, 6.45) is 6.64. The molecule has 0 aliphatic rings. The van der Waals surface area contributed by atoms with Crippen molar-refractivity contribution in [3.63, 3.8) is 0 Å². The number of hydrogen-bond donors (Lipinski definition) is 1. The molecular weight excluding hydrogens is 274 g/mol. The van der Waals surface area contributed by atoms with Gasteiger partial charge in [-0.3, -0.25) is 0 Å². The molecule has 0 spiro atoms. The van der Waals surface area contributed by atoms with Crippen LogP contribution in [0, 0.1) is 0 Å². The molecule has 0 fully saturated rings. The van der Waals surface area contributed by atoms with Crippen molar-refractivity contribution in [2.45, 2.75) is 0 Å². The fourth-order valence-corrected chi connectivity index (χ4v) is 1.74. The van der Waals surface area contributed by atoms with Gasteiger partial charge in [0.1, 0.15) is 17.1 Å². The molecule has 0 saturated carbocycles. The molecule has 0 aliphatic heterocycles. The van der Waals surface area contributed by atoms with Gasteiger partial charge in [-0.1, -0.05) is 0 Å². The molecule has 0 atom stereocenters. The average Bonchev–Trinajstić information content (AvgIpc) is 3.04. The Hall–Kier alpha value is -2.83. The van der Waals surface area contributed by atoms with Crippen LogP contribution in [0.1, 0.15) is 21.9 Å². The van der Waals surface area contributed by atoms with Crippen molar-refractivity contribution in [2.24, 2.45) is 0 Å². The lowest BCUT2D eigenvalue weighted by Gasteiger charge is -2.11. The molecule has 110 valence electrons. The van der Waals surface area contributed by atoms with Crippen molar-refractivity contribution in [3.8, 4) is 11.6 Å². The van der Waals surface area contributed by atoms with Gasteiger partial charge < -0.3 is 19.2 Å². The van der Waals surface area contributed by atoms with Crippen molar-refractivity contribution in [3.05, 3.63) is 35.5 Å². The quantitative estimate of drug-likeness (QED) is 0.844. The molecule has 0 radical (unpaired) electrons. The summed E-state index contributed by atoms with van der Waals surface area (Å²) in [5.74, 6) is 0.752. The van der Waals surface area contributed by atoms with Crippen LogP contribution in [0.15, 0.2) is 18.5 Å². The normalized spacial score (nSPS) is 10.6. The molecule has 0 aromatic carbocycles. The average molecular weight is 289 g/mol. The van der Waals surface area contributed by atoms with Crippen LogP contribution in [0.4, 0.5) is 0 Å². The van der Waals surface area contributed by atoms with Crippen molar-refractivity contribution in [1.82, 2.24) is 15.0 Å². The monoisotopic (exact) mass is 289 g/mol. The Morgan fingerprint density at radius 3 is 2.62 bits per heavy atom. The number of nitrogens with zero attached hydrogens (tertiary/aromatic N) is 2. The second kappa shape index (κ2) is 6.56. The minimum Gasteiger partial charge on any atom is -0.496 e. The minimum atomic E-state index is -0.541. The Balaban J connectivity index is 2.52. The zero-order valence-electron chi connectivity index (χ0n) is 11.9. The summed E-state index contributed by atoms with van der Waals surface area (Å²) < 4.78 is 15.1. The number of carbonyl (C=O) groups excluding carboxylic acids is 1. The van der Waals surface area contributed by atoms with Gasteiger partial charge in [0.25, 0.3) is 0 Å². The summed E-state index contributed by atoms with van der Waals surface area (Å²) in [6, 6.07) is 1.52. The largest absolute Gasteiger partial charge is 0.496 e. The molecule has 21 heavy (non-hydrogen) atoms. The molecule has 2 aromatic rings. The van der Waals surface area contributed by atoms with Crippen molar-refractivity contribution in [2.75, 3.05) is 21.3 Å². The fraction of sp³-hybridized carbons (Fsp3) is 0.214. The summed E-state index contributed by atoms with van der Waals surface area (Å²) in [7, 11) is 4.24. The van der Waals surface area contributed by atoms with Crippen LogP contribution in [0.5, 0.6) is 11.6 Å². The third-order valence-electron chi connectivity index (χ3n) is 2.72. The Labute approximate surface area is 121 Å². The van der Waals surface area contributed by atoms with E-state index in [-0.39, 0.29) is 5.56 Å². The maximum Gasteiger partial charge on any atom is 0.343 e. The van der Waals surface area contributed by atoms with Crippen molar-refractivity contribution in [1.29, 1.82) is 0 Å². The van der Waals surface area contributed by atoms with Gasteiger partial charge >= 0.3 is 5.97 Å². The van der Waals surface area contributed by atoms with Gasteiger partial charge in [-0.2, -0.15) is 0 Å². The van der Waals surface area contributed by atoms with E-state index in [1.807, 2.05) is 0 Å². The minimum absolute atomic E-state index is 0.226. The Morgan fingerprint density at radius 2 is 2.05 bits per heavy atom. The van der Waals surface area contributed by atoms with E-state index in [9.17, 15) is 4.79 Å². The third kappa shape index (κ3) is 3.19. The topological polar surface area (TPSA) is 86.3 Å². The number of ether oxygens (including phenoxy) is 3. The molecule has 2 heterocycles. The number of esters is 1. The lowest BCUT2D eigenvalue weighted by molar-refractivity contribution is 0.0596. The van der Waals surface area contributed by atoms with Crippen molar-refractivity contribution < 1.29 is 19.0 Å². The Morgan fingerprint density at radius 1 is 1.24 bits per heavy atom. The van der Waals surface area contributed by atoms with Gasteiger partial charge in [0.05, 0.1) is 27.0 Å². The van der Waals surface area contributed by atoms with Crippen LogP contribution in [0.25, 0.3) is 12.2 Å². The Kier molecular flexibility index (Phi) is 4.55. The first-order chi connectivity index (χ1) is 10.2. The van der Waals surface area contributed by atoms with Crippen LogP contribution in [0.3, 0.4) is 0 Å². The third-order valence-corrected chi connectivity index (χ3v) is 2.72. The van der Waals surface area contributed by atoms with E-state index in [2.05, 4.69) is 15.0 Å². The molecular formula is C14H15N3O4. The highest BCUT2D eigenvalue weighted by Gasteiger charge is 2.20. The fourth-order valence-electron chi connectivity index (χ4n) is 1.74. The van der Waals surface area contributed by atoms with E-state index in [4.69, 9.17) is 14.2 Å². The highest BCUT2D eigenvalue weighted by Crippen LogP contribution is 2.27. The number of imidazole rings is 1. The van der Waals surface area contributed by atoms with Crippen LogP contribution in [-0.2, 0) is 4.74 Å². The molecule has 0 aliphatic carbocycles. The number of carbonyl (C=O) groups is 1. The van der Waals surface area contributed by atoms with Gasteiger partial charge in [0.2, 0.25) is 5.88 Å². The highest BCUT2D eigenvalue weighted by atomic mass is 16.5. The molecule has 7 nitrogen and oxygen atoms in total. The molecule has 7 heteroatoms.